The summed E-state index contributed by atoms with van der Waals surface area (Å²) < 4.78 is 11.4. The van der Waals surface area contributed by atoms with Crippen molar-refractivity contribution in [1.82, 2.24) is 4.90 Å². The van der Waals surface area contributed by atoms with Crippen molar-refractivity contribution in [2.45, 2.75) is 6.73 Å². The fourth-order valence-electron chi connectivity index (χ4n) is 1.77. The third-order valence-electron chi connectivity index (χ3n) is 2.79. The smallest absolute Gasteiger partial charge is 0.389 e. The van der Waals surface area contributed by atoms with Gasteiger partial charge in [0.1, 0.15) is 0 Å². The average molecular weight is 266 g/mol. The number of hydrogen-bond donors (Lipinski definition) is 1. The Hall–Kier alpha value is -2.15. The number of nitrogens with two attached hydrogens (primary N) is 1. The topological polar surface area (TPSA) is 85.7 Å². The van der Waals surface area contributed by atoms with Crippen LogP contribution in [0, 0.1) is 0 Å². The van der Waals surface area contributed by atoms with Gasteiger partial charge < -0.3 is 20.1 Å². The van der Waals surface area contributed by atoms with Gasteiger partial charge in [0.2, 0.25) is 0 Å². The maximum atomic E-state index is 12.1. The van der Waals surface area contributed by atoms with Gasteiger partial charge in [0.05, 0.1) is 18.8 Å². The maximum absolute atomic E-state index is 12.1. The molecule has 0 spiro atoms. The fourth-order valence-corrected chi connectivity index (χ4v) is 1.77. The lowest BCUT2D eigenvalue weighted by molar-refractivity contribution is -0.727. The van der Waals surface area contributed by atoms with Crippen LogP contribution in [0.5, 0.6) is 0 Å². The zero-order valence-electron chi connectivity index (χ0n) is 10.4. The van der Waals surface area contributed by atoms with Gasteiger partial charge in [0.25, 0.3) is 12.6 Å². The zero-order chi connectivity index (χ0) is 13.7. The van der Waals surface area contributed by atoms with Crippen molar-refractivity contribution in [3.8, 4) is 0 Å². The molecule has 102 valence electrons. The molecule has 0 unspecified atom stereocenters. The largest absolute Gasteiger partial charge is 0.409 e. The first-order valence-corrected chi connectivity index (χ1v) is 5.95. The number of primary amides is 1. The molecule has 1 aliphatic heterocycles. The molecule has 2 amide bonds. The third kappa shape index (κ3) is 3.65. The average Bonchev–Trinajstić information content (AvgIpc) is 2.46. The predicted octanol–water partition coefficient (Wildman–Crippen LogP) is -0.501. The summed E-state index contributed by atoms with van der Waals surface area (Å²) in [7, 11) is 0. The summed E-state index contributed by atoms with van der Waals surface area (Å²) >= 11 is 0. The van der Waals surface area contributed by atoms with Crippen molar-refractivity contribution >= 4 is 12.0 Å². The van der Waals surface area contributed by atoms with E-state index in [4.69, 9.17) is 10.5 Å². The molecule has 0 bridgehead atoms. The first-order valence-electron chi connectivity index (χ1n) is 5.95. The molecule has 0 saturated carbocycles. The van der Waals surface area contributed by atoms with Crippen molar-refractivity contribution in [2.24, 2.45) is 5.73 Å². The Balaban J connectivity index is 1.97. The SMILES string of the molecule is NC(=O)OC[n+]1ccc(C(=O)N2CCOCC2)cc1. The van der Waals surface area contributed by atoms with Crippen molar-refractivity contribution in [2.75, 3.05) is 26.3 Å². The number of ether oxygens (including phenoxy) is 2. The molecule has 1 aliphatic rings. The van der Waals surface area contributed by atoms with Gasteiger partial charge in [-0.3, -0.25) is 4.79 Å². The Morgan fingerprint density at radius 3 is 2.53 bits per heavy atom. The minimum absolute atomic E-state index is 0.0220. The molecule has 0 aromatic carbocycles. The van der Waals surface area contributed by atoms with Crippen molar-refractivity contribution in [1.29, 1.82) is 0 Å². The van der Waals surface area contributed by atoms with E-state index in [2.05, 4.69) is 4.74 Å². The van der Waals surface area contributed by atoms with Crippen LogP contribution < -0.4 is 10.3 Å². The molecule has 2 N–H and O–H groups in total. The number of amides is 2. The van der Waals surface area contributed by atoms with Crippen LogP contribution in [-0.4, -0.2) is 43.2 Å². The number of nitrogens with zero attached hydrogens (tertiary/aromatic N) is 2. The number of rotatable bonds is 3. The van der Waals surface area contributed by atoms with Crippen LogP contribution >= 0.6 is 0 Å². The van der Waals surface area contributed by atoms with Crippen LogP contribution in [0.4, 0.5) is 4.79 Å². The first-order chi connectivity index (χ1) is 9.16. The van der Waals surface area contributed by atoms with Gasteiger partial charge in [-0.15, -0.1) is 0 Å². The Labute approximate surface area is 110 Å². The van der Waals surface area contributed by atoms with E-state index in [1.165, 1.54) is 0 Å². The molecule has 1 saturated heterocycles. The highest BCUT2D eigenvalue weighted by atomic mass is 16.6. The second-order valence-electron chi connectivity index (χ2n) is 4.10. The number of carbonyl (C=O) groups excluding carboxylic acids is 2. The Bertz CT molecular complexity index is 455. The van der Waals surface area contributed by atoms with E-state index in [1.807, 2.05) is 0 Å². The summed E-state index contributed by atoms with van der Waals surface area (Å²) in [6.45, 7) is 2.40. The fraction of sp³-hybridized carbons (Fsp3) is 0.417. The molecule has 2 rings (SSSR count). The third-order valence-corrected chi connectivity index (χ3v) is 2.79. The summed E-state index contributed by atoms with van der Waals surface area (Å²) in [5, 5.41) is 0. The van der Waals surface area contributed by atoms with Crippen LogP contribution in [0.25, 0.3) is 0 Å². The van der Waals surface area contributed by atoms with E-state index in [0.29, 0.717) is 31.9 Å². The molecule has 1 aromatic heterocycles. The standard InChI is InChI=1S/C12H15N3O4/c13-12(17)19-9-14-3-1-10(2-4-14)11(16)15-5-7-18-8-6-15/h1-4H,5-9H2,(H-,13,17)/p+1. The number of morpholine rings is 1. The normalized spacial score (nSPS) is 15.1. The molecule has 19 heavy (non-hydrogen) atoms. The predicted molar refractivity (Wildman–Crippen MR) is 64.0 cm³/mol. The van der Waals surface area contributed by atoms with E-state index in [1.54, 1.807) is 34.0 Å². The van der Waals surface area contributed by atoms with Crippen LogP contribution in [-0.2, 0) is 16.2 Å². The van der Waals surface area contributed by atoms with Gasteiger partial charge in [-0.25, -0.2) is 4.79 Å². The molecular formula is C12H16N3O4+. The van der Waals surface area contributed by atoms with Crippen molar-refractivity contribution < 1.29 is 23.6 Å². The summed E-state index contributed by atoms with van der Waals surface area (Å²) in [4.78, 5) is 24.4. The van der Waals surface area contributed by atoms with Gasteiger partial charge in [-0.1, -0.05) is 0 Å². The Morgan fingerprint density at radius 2 is 1.95 bits per heavy atom. The molecule has 1 aromatic rings. The minimum atomic E-state index is -0.832. The molecule has 2 heterocycles. The second-order valence-corrected chi connectivity index (χ2v) is 4.10. The first kappa shape index (κ1) is 13.3. The monoisotopic (exact) mass is 266 g/mol. The van der Waals surface area contributed by atoms with Crippen LogP contribution in [0.3, 0.4) is 0 Å². The molecule has 0 radical (unpaired) electrons. The van der Waals surface area contributed by atoms with Crippen LogP contribution in [0.1, 0.15) is 10.4 Å². The highest BCUT2D eigenvalue weighted by molar-refractivity contribution is 5.94. The minimum Gasteiger partial charge on any atom is -0.389 e. The highest BCUT2D eigenvalue weighted by Gasteiger charge is 2.19. The van der Waals surface area contributed by atoms with E-state index < -0.39 is 6.09 Å². The second kappa shape index (κ2) is 6.14. The lowest BCUT2D eigenvalue weighted by Crippen LogP contribution is -2.41. The summed E-state index contributed by atoms with van der Waals surface area (Å²) in [5.41, 5.74) is 5.46. The molecule has 7 nitrogen and oxygen atoms in total. The molecule has 7 heteroatoms. The molecule has 1 fully saturated rings. The van der Waals surface area contributed by atoms with Crippen molar-refractivity contribution in [3.63, 3.8) is 0 Å². The summed E-state index contributed by atoms with van der Waals surface area (Å²) in [6.07, 6.45) is 2.49. The van der Waals surface area contributed by atoms with Gasteiger partial charge in [-0.2, -0.15) is 4.57 Å². The molecular weight excluding hydrogens is 250 g/mol. The van der Waals surface area contributed by atoms with Crippen molar-refractivity contribution in [3.05, 3.63) is 30.1 Å². The Morgan fingerprint density at radius 1 is 1.32 bits per heavy atom. The molecule has 0 atom stereocenters. The van der Waals surface area contributed by atoms with Gasteiger partial charge in [0, 0.05) is 25.2 Å². The van der Waals surface area contributed by atoms with Gasteiger partial charge >= 0.3 is 6.09 Å². The highest BCUT2D eigenvalue weighted by Crippen LogP contribution is 2.05. The zero-order valence-corrected chi connectivity index (χ0v) is 10.4. The van der Waals surface area contributed by atoms with Gasteiger partial charge in [-0.05, 0) is 0 Å². The number of hydrogen-bond acceptors (Lipinski definition) is 4. The summed E-state index contributed by atoms with van der Waals surface area (Å²) in [6, 6.07) is 3.37. The summed E-state index contributed by atoms with van der Waals surface area (Å²) in [5.74, 6) is -0.0220. The van der Waals surface area contributed by atoms with Crippen LogP contribution in [0.15, 0.2) is 24.5 Å². The van der Waals surface area contributed by atoms with E-state index in [9.17, 15) is 9.59 Å². The van der Waals surface area contributed by atoms with E-state index in [-0.39, 0.29) is 12.6 Å². The van der Waals surface area contributed by atoms with Gasteiger partial charge in [0.15, 0.2) is 12.4 Å². The maximum Gasteiger partial charge on any atom is 0.409 e. The lowest BCUT2D eigenvalue weighted by Gasteiger charge is -2.26. The quantitative estimate of drug-likeness (QED) is 0.747. The van der Waals surface area contributed by atoms with E-state index >= 15 is 0 Å². The number of carbonyl (C=O) groups is 2. The van der Waals surface area contributed by atoms with Crippen LogP contribution in [0.2, 0.25) is 0 Å². The Kier molecular flexibility index (Phi) is 4.30. The van der Waals surface area contributed by atoms with E-state index in [0.717, 1.165) is 0 Å². The number of aromatic nitrogens is 1. The molecule has 0 aliphatic carbocycles. The lowest BCUT2D eigenvalue weighted by atomic mass is 10.2. The number of pyridine rings is 1.